The summed E-state index contributed by atoms with van der Waals surface area (Å²) in [5.41, 5.74) is 1.70. The van der Waals surface area contributed by atoms with Crippen LogP contribution in [0, 0.1) is 0 Å². The lowest BCUT2D eigenvalue weighted by Crippen LogP contribution is -2.04. The van der Waals surface area contributed by atoms with E-state index in [-0.39, 0.29) is 12.4 Å². The number of hydrogen-bond acceptors (Lipinski definition) is 5. The van der Waals surface area contributed by atoms with Crippen LogP contribution >= 0.6 is 11.3 Å². The Labute approximate surface area is 126 Å². The summed E-state index contributed by atoms with van der Waals surface area (Å²) in [5, 5.41) is 8.27. The molecule has 0 radical (unpaired) electrons. The number of nitrogens with one attached hydrogen (secondary N) is 1. The summed E-state index contributed by atoms with van der Waals surface area (Å²) in [4.78, 5) is 15.6. The summed E-state index contributed by atoms with van der Waals surface area (Å²) < 4.78 is 4.64. The quantitative estimate of drug-likeness (QED) is 0.745. The van der Waals surface area contributed by atoms with Gasteiger partial charge in [-0.25, -0.2) is 4.98 Å². The van der Waals surface area contributed by atoms with Crippen LogP contribution in [-0.4, -0.2) is 18.1 Å². The van der Waals surface area contributed by atoms with Gasteiger partial charge in [-0.15, -0.1) is 11.3 Å². The van der Waals surface area contributed by atoms with Crippen molar-refractivity contribution in [2.24, 2.45) is 0 Å². The zero-order chi connectivity index (χ0) is 14.7. The molecule has 0 aliphatic rings. The fourth-order valence-corrected chi connectivity index (χ4v) is 2.79. The molecule has 0 bridgehead atoms. The monoisotopic (exact) mass is 298 g/mol. The molecule has 3 aromatic rings. The maximum atomic E-state index is 11.2. The second kappa shape index (κ2) is 5.93. The predicted molar refractivity (Wildman–Crippen MR) is 85.1 cm³/mol. The Hall–Kier alpha value is -2.40. The number of methoxy groups -OCH3 is 1. The largest absolute Gasteiger partial charge is 0.469 e. The summed E-state index contributed by atoms with van der Waals surface area (Å²) in [6.45, 7) is 0. The number of anilines is 2. The average Bonchev–Trinajstić information content (AvgIpc) is 2.94. The third-order valence-electron chi connectivity index (χ3n) is 3.11. The van der Waals surface area contributed by atoms with Gasteiger partial charge in [-0.3, -0.25) is 4.79 Å². The molecular weight excluding hydrogens is 284 g/mol. The number of benzene rings is 2. The Morgan fingerprint density at radius 3 is 2.86 bits per heavy atom. The minimum absolute atomic E-state index is 0.201. The van der Waals surface area contributed by atoms with E-state index in [4.69, 9.17) is 0 Å². The maximum Gasteiger partial charge on any atom is 0.311 e. The number of ether oxygens (including phenoxy) is 1. The Kier molecular flexibility index (Phi) is 3.83. The van der Waals surface area contributed by atoms with Crippen LogP contribution < -0.4 is 5.32 Å². The molecule has 0 amide bonds. The lowest BCUT2D eigenvalue weighted by atomic mass is 10.1. The lowest BCUT2D eigenvalue weighted by molar-refractivity contribution is -0.139. The number of esters is 1. The molecule has 2 aromatic carbocycles. The van der Waals surface area contributed by atoms with Gasteiger partial charge >= 0.3 is 5.97 Å². The highest BCUT2D eigenvalue weighted by Gasteiger charge is 2.07. The van der Waals surface area contributed by atoms with E-state index in [1.807, 2.05) is 23.6 Å². The maximum absolute atomic E-state index is 11.2. The van der Waals surface area contributed by atoms with Crippen LogP contribution in [0.2, 0.25) is 0 Å². The fourth-order valence-electron chi connectivity index (χ4n) is 2.06. The van der Waals surface area contributed by atoms with Crippen molar-refractivity contribution < 1.29 is 9.53 Å². The Morgan fingerprint density at radius 1 is 1.24 bits per heavy atom. The number of thiazole rings is 1. The average molecular weight is 298 g/mol. The van der Waals surface area contributed by atoms with Gasteiger partial charge < -0.3 is 10.1 Å². The van der Waals surface area contributed by atoms with Crippen molar-refractivity contribution in [3.8, 4) is 0 Å². The van der Waals surface area contributed by atoms with Crippen LogP contribution in [0.5, 0.6) is 0 Å². The Morgan fingerprint density at radius 2 is 2.05 bits per heavy atom. The van der Waals surface area contributed by atoms with Crippen molar-refractivity contribution in [1.82, 2.24) is 4.98 Å². The van der Waals surface area contributed by atoms with Gasteiger partial charge in [0.25, 0.3) is 0 Å². The van der Waals surface area contributed by atoms with Crippen molar-refractivity contribution in [2.45, 2.75) is 6.42 Å². The molecule has 0 atom stereocenters. The molecule has 0 aliphatic carbocycles. The standard InChI is InChI=1S/C16H14N2O2S/c1-20-15(19)9-14-10-21-16(18-14)17-13-7-6-11-4-2-3-5-12(11)8-13/h2-8,10H,9H2,1H3,(H,17,18). The highest BCUT2D eigenvalue weighted by molar-refractivity contribution is 7.13. The van der Waals surface area contributed by atoms with Crippen LogP contribution in [0.15, 0.2) is 47.8 Å². The fraction of sp³-hybridized carbons (Fsp3) is 0.125. The van der Waals surface area contributed by atoms with Gasteiger partial charge in [0, 0.05) is 11.1 Å². The molecule has 0 saturated carbocycles. The van der Waals surface area contributed by atoms with Crippen LogP contribution in [0.3, 0.4) is 0 Å². The van der Waals surface area contributed by atoms with Crippen LogP contribution in [0.4, 0.5) is 10.8 Å². The van der Waals surface area contributed by atoms with Gasteiger partial charge in [-0.2, -0.15) is 0 Å². The molecule has 106 valence electrons. The number of aromatic nitrogens is 1. The number of fused-ring (bicyclic) bond motifs is 1. The predicted octanol–water partition coefficient (Wildman–Crippen LogP) is 3.76. The first kappa shape index (κ1) is 13.6. The van der Waals surface area contributed by atoms with Gasteiger partial charge in [0.2, 0.25) is 0 Å². The molecule has 5 heteroatoms. The van der Waals surface area contributed by atoms with Crippen molar-refractivity contribution in [2.75, 3.05) is 12.4 Å². The Balaban J connectivity index is 1.77. The molecule has 0 aliphatic heterocycles. The van der Waals surface area contributed by atoms with Crippen molar-refractivity contribution in [3.63, 3.8) is 0 Å². The van der Waals surface area contributed by atoms with Gasteiger partial charge in [0.1, 0.15) is 0 Å². The van der Waals surface area contributed by atoms with Crippen LogP contribution in [0.25, 0.3) is 10.8 Å². The SMILES string of the molecule is COC(=O)Cc1csc(Nc2ccc3ccccc3c2)n1. The first-order chi connectivity index (χ1) is 10.2. The number of carbonyl (C=O) groups excluding carboxylic acids is 1. The molecule has 0 spiro atoms. The van der Waals surface area contributed by atoms with Crippen LogP contribution in [-0.2, 0) is 16.0 Å². The van der Waals surface area contributed by atoms with Crippen LogP contribution in [0.1, 0.15) is 5.69 Å². The van der Waals surface area contributed by atoms with Crippen molar-refractivity contribution in [3.05, 3.63) is 53.5 Å². The molecule has 4 nitrogen and oxygen atoms in total. The van der Waals surface area contributed by atoms with Gasteiger partial charge in [-0.05, 0) is 22.9 Å². The zero-order valence-electron chi connectivity index (χ0n) is 11.5. The second-order valence-electron chi connectivity index (χ2n) is 4.58. The summed E-state index contributed by atoms with van der Waals surface area (Å²) in [7, 11) is 1.38. The smallest absolute Gasteiger partial charge is 0.311 e. The summed E-state index contributed by atoms with van der Waals surface area (Å²) in [6, 6.07) is 14.4. The van der Waals surface area contributed by atoms with Crippen molar-refractivity contribution in [1.29, 1.82) is 0 Å². The van der Waals surface area contributed by atoms with Gasteiger partial charge in [0.15, 0.2) is 5.13 Å². The van der Waals surface area contributed by atoms with Crippen molar-refractivity contribution >= 4 is 38.9 Å². The van der Waals surface area contributed by atoms with Gasteiger partial charge in [0.05, 0.1) is 19.2 Å². The highest BCUT2D eigenvalue weighted by Crippen LogP contribution is 2.24. The van der Waals surface area contributed by atoms with E-state index < -0.39 is 0 Å². The lowest BCUT2D eigenvalue weighted by Gasteiger charge is -2.04. The first-order valence-corrected chi connectivity index (χ1v) is 7.39. The van der Waals surface area contributed by atoms with E-state index in [0.29, 0.717) is 0 Å². The zero-order valence-corrected chi connectivity index (χ0v) is 12.3. The summed E-state index contributed by atoms with van der Waals surface area (Å²) in [6.07, 6.45) is 0.201. The normalized spacial score (nSPS) is 10.5. The molecule has 21 heavy (non-hydrogen) atoms. The molecule has 1 aromatic heterocycles. The number of carbonyl (C=O) groups is 1. The molecule has 0 saturated heterocycles. The molecule has 0 fully saturated rings. The number of nitrogens with zero attached hydrogens (tertiary/aromatic N) is 1. The van der Waals surface area contributed by atoms with Gasteiger partial charge in [-0.1, -0.05) is 30.3 Å². The molecule has 1 heterocycles. The third-order valence-corrected chi connectivity index (χ3v) is 3.91. The Bertz CT molecular complexity index is 783. The van der Waals surface area contributed by atoms with E-state index in [0.717, 1.165) is 16.5 Å². The minimum atomic E-state index is -0.280. The minimum Gasteiger partial charge on any atom is -0.469 e. The molecule has 3 rings (SSSR count). The third kappa shape index (κ3) is 3.20. The van der Waals surface area contributed by atoms with E-state index >= 15 is 0 Å². The summed E-state index contributed by atoms with van der Waals surface area (Å²) >= 11 is 1.47. The van der Waals surface area contributed by atoms with E-state index in [2.05, 4.69) is 39.3 Å². The van der Waals surface area contributed by atoms with E-state index in [1.165, 1.54) is 29.2 Å². The van der Waals surface area contributed by atoms with E-state index in [9.17, 15) is 4.79 Å². The summed E-state index contributed by atoms with van der Waals surface area (Å²) in [5.74, 6) is -0.280. The number of hydrogen-bond donors (Lipinski definition) is 1. The second-order valence-corrected chi connectivity index (χ2v) is 5.44. The van der Waals surface area contributed by atoms with E-state index in [1.54, 1.807) is 0 Å². The molecule has 0 unspecified atom stereocenters. The highest BCUT2D eigenvalue weighted by atomic mass is 32.1. The first-order valence-electron chi connectivity index (χ1n) is 6.51. The number of rotatable bonds is 4. The molecule has 1 N–H and O–H groups in total. The molecular formula is C16H14N2O2S. The topological polar surface area (TPSA) is 51.2 Å².